The molecule has 0 aromatic heterocycles. The van der Waals surface area contributed by atoms with E-state index in [-0.39, 0.29) is 42.4 Å². The first-order valence-electron chi connectivity index (χ1n) is 8.68. The fourth-order valence-electron chi connectivity index (χ4n) is 2.24. The molecule has 0 aliphatic carbocycles. The number of rotatable bonds is 7. The molecule has 0 radical (unpaired) electrons. The molecule has 0 saturated heterocycles. The van der Waals surface area contributed by atoms with E-state index in [0.717, 1.165) is 0 Å². The molecule has 1 aromatic rings. The summed E-state index contributed by atoms with van der Waals surface area (Å²) in [6, 6.07) is 7.02. The van der Waals surface area contributed by atoms with Crippen LogP contribution in [0.5, 0.6) is 0 Å². The van der Waals surface area contributed by atoms with Gasteiger partial charge < -0.3 is 20.9 Å². The molecular formula is C19H30N4O3. The average molecular weight is 362 g/mol. The number of anilines is 1. The molecule has 7 nitrogen and oxygen atoms in total. The van der Waals surface area contributed by atoms with Crippen LogP contribution >= 0.6 is 0 Å². The van der Waals surface area contributed by atoms with E-state index in [1.165, 1.54) is 4.90 Å². The van der Waals surface area contributed by atoms with E-state index in [1.807, 2.05) is 34.6 Å². The summed E-state index contributed by atoms with van der Waals surface area (Å²) < 4.78 is 0. The lowest BCUT2D eigenvalue weighted by molar-refractivity contribution is -0.133. The quantitative estimate of drug-likeness (QED) is 0.687. The zero-order valence-electron chi connectivity index (χ0n) is 16.5. The SMILES string of the molecule is CC(C)NC(=O)c1ccccc1NCC(=O)N(C)CC(=O)NC(C)(C)C. The van der Waals surface area contributed by atoms with Gasteiger partial charge >= 0.3 is 0 Å². The topological polar surface area (TPSA) is 90.5 Å². The Labute approximate surface area is 155 Å². The number of hydrogen-bond donors (Lipinski definition) is 3. The number of likely N-dealkylation sites (N-methyl/N-ethyl adjacent to an activating group) is 1. The summed E-state index contributed by atoms with van der Waals surface area (Å²) >= 11 is 0. The van der Waals surface area contributed by atoms with E-state index in [4.69, 9.17) is 0 Å². The third-order valence-corrected chi connectivity index (χ3v) is 3.34. The summed E-state index contributed by atoms with van der Waals surface area (Å²) in [4.78, 5) is 37.8. The van der Waals surface area contributed by atoms with Crippen LogP contribution in [-0.2, 0) is 9.59 Å². The van der Waals surface area contributed by atoms with Gasteiger partial charge in [-0.1, -0.05) is 12.1 Å². The van der Waals surface area contributed by atoms with Crippen molar-refractivity contribution >= 4 is 23.4 Å². The second-order valence-electron chi connectivity index (χ2n) is 7.58. The van der Waals surface area contributed by atoms with Crippen molar-refractivity contribution in [2.45, 2.75) is 46.2 Å². The summed E-state index contributed by atoms with van der Waals surface area (Å²) in [5.74, 6) is -0.661. The van der Waals surface area contributed by atoms with E-state index in [2.05, 4.69) is 16.0 Å². The summed E-state index contributed by atoms with van der Waals surface area (Å²) in [6.45, 7) is 9.39. The van der Waals surface area contributed by atoms with Gasteiger partial charge in [0.05, 0.1) is 18.7 Å². The molecule has 7 heteroatoms. The number of benzene rings is 1. The van der Waals surface area contributed by atoms with Gasteiger partial charge in [0.15, 0.2) is 0 Å². The van der Waals surface area contributed by atoms with Gasteiger partial charge in [-0.2, -0.15) is 0 Å². The van der Waals surface area contributed by atoms with E-state index >= 15 is 0 Å². The largest absolute Gasteiger partial charge is 0.376 e. The van der Waals surface area contributed by atoms with Crippen LogP contribution < -0.4 is 16.0 Å². The monoisotopic (exact) mass is 362 g/mol. The van der Waals surface area contributed by atoms with Crippen molar-refractivity contribution in [2.24, 2.45) is 0 Å². The third-order valence-electron chi connectivity index (χ3n) is 3.34. The predicted octanol–water partition coefficient (Wildman–Crippen LogP) is 1.61. The Morgan fingerprint density at radius 1 is 1.12 bits per heavy atom. The zero-order valence-corrected chi connectivity index (χ0v) is 16.5. The van der Waals surface area contributed by atoms with Gasteiger partial charge in [-0.05, 0) is 46.8 Å². The molecule has 1 rings (SSSR count). The number of carbonyl (C=O) groups is 3. The van der Waals surface area contributed by atoms with Crippen LogP contribution in [0.4, 0.5) is 5.69 Å². The number of nitrogens with one attached hydrogen (secondary N) is 3. The van der Waals surface area contributed by atoms with Crippen LogP contribution in [0.25, 0.3) is 0 Å². The molecule has 0 bridgehead atoms. The fraction of sp³-hybridized carbons (Fsp3) is 0.526. The molecule has 0 saturated carbocycles. The van der Waals surface area contributed by atoms with Crippen molar-refractivity contribution < 1.29 is 14.4 Å². The van der Waals surface area contributed by atoms with Gasteiger partial charge in [0.25, 0.3) is 5.91 Å². The minimum Gasteiger partial charge on any atom is -0.376 e. The molecule has 0 spiro atoms. The lowest BCUT2D eigenvalue weighted by atomic mass is 10.1. The lowest BCUT2D eigenvalue weighted by Crippen LogP contribution is -2.47. The maximum absolute atomic E-state index is 12.3. The van der Waals surface area contributed by atoms with Gasteiger partial charge in [-0.3, -0.25) is 14.4 Å². The lowest BCUT2D eigenvalue weighted by Gasteiger charge is -2.23. The number of carbonyl (C=O) groups excluding carboxylic acids is 3. The van der Waals surface area contributed by atoms with Crippen molar-refractivity contribution in [3.8, 4) is 0 Å². The van der Waals surface area contributed by atoms with Crippen LogP contribution in [0.1, 0.15) is 45.0 Å². The fourth-order valence-corrected chi connectivity index (χ4v) is 2.24. The molecule has 0 atom stereocenters. The zero-order chi connectivity index (χ0) is 19.9. The Morgan fingerprint density at radius 2 is 1.73 bits per heavy atom. The smallest absolute Gasteiger partial charge is 0.253 e. The van der Waals surface area contributed by atoms with Crippen molar-refractivity contribution in [1.29, 1.82) is 0 Å². The van der Waals surface area contributed by atoms with Crippen molar-refractivity contribution in [3.05, 3.63) is 29.8 Å². The van der Waals surface area contributed by atoms with E-state index in [9.17, 15) is 14.4 Å². The molecular weight excluding hydrogens is 332 g/mol. The number of para-hydroxylation sites is 1. The third kappa shape index (κ3) is 7.55. The first kappa shape index (κ1) is 21.5. The maximum Gasteiger partial charge on any atom is 0.253 e. The molecule has 144 valence electrons. The van der Waals surface area contributed by atoms with E-state index < -0.39 is 0 Å². The first-order chi connectivity index (χ1) is 12.0. The van der Waals surface area contributed by atoms with Gasteiger partial charge in [-0.25, -0.2) is 0 Å². The van der Waals surface area contributed by atoms with E-state index in [0.29, 0.717) is 11.3 Å². The Balaban J connectivity index is 2.65. The van der Waals surface area contributed by atoms with E-state index in [1.54, 1.807) is 31.3 Å². The van der Waals surface area contributed by atoms with Gasteiger partial charge in [0.2, 0.25) is 11.8 Å². The molecule has 0 aliphatic rings. The molecule has 0 fully saturated rings. The summed E-state index contributed by atoms with van der Waals surface area (Å²) in [5, 5.41) is 8.63. The number of hydrogen-bond acceptors (Lipinski definition) is 4. The highest BCUT2D eigenvalue weighted by Gasteiger charge is 2.18. The summed E-state index contributed by atoms with van der Waals surface area (Å²) in [7, 11) is 1.57. The Bertz CT molecular complexity index is 650. The van der Waals surface area contributed by atoms with Crippen molar-refractivity contribution in [1.82, 2.24) is 15.5 Å². The molecule has 3 amide bonds. The second-order valence-corrected chi connectivity index (χ2v) is 7.58. The molecule has 0 aliphatic heterocycles. The van der Waals surface area contributed by atoms with Crippen LogP contribution in [0, 0.1) is 0 Å². The molecule has 0 unspecified atom stereocenters. The van der Waals surface area contributed by atoms with Crippen LogP contribution in [-0.4, -0.2) is 54.3 Å². The first-order valence-corrected chi connectivity index (χ1v) is 8.68. The van der Waals surface area contributed by atoms with Crippen molar-refractivity contribution in [3.63, 3.8) is 0 Å². The summed E-state index contributed by atoms with van der Waals surface area (Å²) in [5.41, 5.74) is 0.704. The predicted molar refractivity (Wildman–Crippen MR) is 103 cm³/mol. The van der Waals surface area contributed by atoms with Gasteiger partial charge in [0, 0.05) is 24.3 Å². The van der Waals surface area contributed by atoms with Gasteiger partial charge in [0.1, 0.15) is 0 Å². The van der Waals surface area contributed by atoms with Crippen LogP contribution in [0.15, 0.2) is 24.3 Å². The summed E-state index contributed by atoms with van der Waals surface area (Å²) in [6.07, 6.45) is 0. The Kier molecular flexibility index (Phi) is 7.61. The maximum atomic E-state index is 12.3. The highest BCUT2D eigenvalue weighted by Crippen LogP contribution is 2.15. The van der Waals surface area contributed by atoms with Crippen LogP contribution in [0.3, 0.4) is 0 Å². The highest BCUT2D eigenvalue weighted by molar-refractivity contribution is 6.00. The molecule has 3 N–H and O–H groups in total. The number of nitrogens with zero attached hydrogens (tertiary/aromatic N) is 1. The second kappa shape index (κ2) is 9.22. The van der Waals surface area contributed by atoms with Crippen LogP contribution in [0.2, 0.25) is 0 Å². The highest BCUT2D eigenvalue weighted by atomic mass is 16.2. The van der Waals surface area contributed by atoms with Gasteiger partial charge in [-0.15, -0.1) is 0 Å². The number of amides is 3. The molecule has 0 heterocycles. The average Bonchev–Trinajstić information content (AvgIpc) is 2.50. The molecule has 1 aromatic carbocycles. The minimum absolute atomic E-state index is 0.00866. The standard InChI is InChI=1S/C19H30N4O3/c1-13(2)21-18(26)14-9-7-8-10-15(14)20-11-17(25)23(6)12-16(24)22-19(3,4)5/h7-10,13,20H,11-12H2,1-6H3,(H,21,26)(H,22,24). The Morgan fingerprint density at radius 3 is 2.31 bits per heavy atom. The normalized spacial score (nSPS) is 11.0. The minimum atomic E-state index is -0.345. The molecule has 26 heavy (non-hydrogen) atoms. The Hall–Kier alpha value is -2.57. The van der Waals surface area contributed by atoms with Crippen molar-refractivity contribution in [2.75, 3.05) is 25.5 Å².